The Bertz CT molecular complexity index is 156. The molecule has 1 aliphatic rings. The molecule has 0 spiro atoms. The predicted molar refractivity (Wildman–Crippen MR) is 61.4 cm³/mol. The van der Waals surface area contributed by atoms with Gasteiger partial charge in [-0.05, 0) is 46.8 Å². The normalized spacial score (nSPS) is 19.5. The van der Waals surface area contributed by atoms with Gasteiger partial charge in [0.05, 0.1) is 0 Å². The molecule has 14 heavy (non-hydrogen) atoms. The lowest BCUT2D eigenvalue weighted by atomic mass is 10.1. The molecule has 0 aromatic rings. The van der Waals surface area contributed by atoms with Crippen LogP contribution in [0.15, 0.2) is 0 Å². The zero-order chi connectivity index (χ0) is 10.6. The number of likely N-dealkylation sites (tertiary alicyclic amines) is 1. The third-order valence-corrected chi connectivity index (χ3v) is 2.67. The molecule has 3 nitrogen and oxygen atoms in total. The second-order valence-corrected chi connectivity index (χ2v) is 5.28. The summed E-state index contributed by atoms with van der Waals surface area (Å²) in [5.41, 5.74) is 5.90. The van der Waals surface area contributed by atoms with Gasteiger partial charge in [0.15, 0.2) is 0 Å². The van der Waals surface area contributed by atoms with E-state index in [0.29, 0.717) is 0 Å². The maximum Gasteiger partial charge on any atom is 0.0225 e. The minimum absolute atomic E-state index is 0.0697. The highest BCUT2D eigenvalue weighted by atomic mass is 15.2. The molecule has 0 unspecified atom stereocenters. The third kappa shape index (κ3) is 4.94. The molecule has 1 saturated heterocycles. The molecule has 0 aliphatic carbocycles. The molecule has 0 saturated carbocycles. The van der Waals surface area contributed by atoms with Gasteiger partial charge in [-0.2, -0.15) is 0 Å². The van der Waals surface area contributed by atoms with Crippen molar-refractivity contribution in [1.82, 2.24) is 9.80 Å². The van der Waals surface area contributed by atoms with Crippen molar-refractivity contribution in [2.75, 3.05) is 39.8 Å². The summed E-state index contributed by atoms with van der Waals surface area (Å²) in [6.45, 7) is 10.1. The number of hydrogen-bond acceptors (Lipinski definition) is 3. The quantitative estimate of drug-likeness (QED) is 0.709. The Morgan fingerprint density at radius 1 is 1.29 bits per heavy atom. The Morgan fingerprint density at radius 3 is 2.36 bits per heavy atom. The summed E-state index contributed by atoms with van der Waals surface area (Å²) >= 11 is 0. The Kier molecular flexibility index (Phi) is 4.35. The van der Waals surface area contributed by atoms with Gasteiger partial charge in [-0.3, -0.25) is 0 Å². The van der Waals surface area contributed by atoms with Crippen molar-refractivity contribution in [3.05, 3.63) is 0 Å². The summed E-state index contributed by atoms with van der Waals surface area (Å²) in [6.07, 6.45) is 2.76. The van der Waals surface area contributed by atoms with Gasteiger partial charge in [-0.15, -0.1) is 0 Å². The van der Waals surface area contributed by atoms with Crippen molar-refractivity contribution >= 4 is 0 Å². The van der Waals surface area contributed by atoms with Gasteiger partial charge in [-0.1, -0.05) is 0 Å². The number of rotatable bonds is 5. The van der Waals surface area contributed by atoms with Gasteiger partial charge in [0.1, 0.15) is 0 Å². The first-order valence-electron chi connectivity index (χ1n) is 5.67. The molecule has 3 heteroatoms. The van der Waals surface area contributed by atoms with Crippen molar-refractivity contribution in [3.63, 3.8) is 0 Å². The highest BCUT2D eigenvalue weighted by Crippen LogP contribution is 2.07. The smallest absolute Gasteiger partial charge is 0.0225 e. The van der Waals surface area contributed by atoms with Crippen molar-refractivity contribution in [3.8, 4) is 0 Å². The first kappa shape index (κ1) is 12.0. The Labute approximate surface area is 88.2 Å². The van der Waals surface area contributed by atoms with E-state index in [1.165, 1.54) is 32.5 Å². The summed E-state index contributed by atoms with van der Waals surface area (Å²) in [5.74, 6) is 0. The molecule has 1 heterocycles. The SMILES string of the molecule is CN(CCN1CCCC1)CC(C)(C)N. The van der Waals surface area contributed by atoms with Crippen LogP contribution >= 0.6 is 0 Å². The van der Waals surface area contributed by atoms with Crippen LogP contribution in [0.1, 0.15) is 26.7 Å². The van der Waals surface area contributed by atoms with Crippen LogP contribution in [0.5, 0.6) is 0 Å². The lowest BCUT2D eigenvalue weighted by molar-refractivity contribution is 0.227. The second-order valence-electron chi connectivity index (χ2n) is 5.28. The van der Waals surface area contributed by atoms with Gasteiger partial charge in [0, 0.05) is 25.2 Å². The second kappa shape index (κ2) is 5.10. The molecule has 0 bridgehead atoms. The van der Waals surface area contributed by atoms with E-state index >= 15 is 0 Å². The zero-order valence-corrected chi connectivity index (χ0v) is 9.92. The predicted octanol–water partition coefficient (Wildman–Crippen LogP) is 0.751. The molecule has 1 rings (SSSR count). The van der Waals surface area contributed by atoms with E-state index in [1.54, 1.807) is 0 Å². The summed E-state index contributed by atoms with van der Waals surface area (Å²) in [6, 6.07) is 0. The molecule has 0 aromatic heterocycles. The first-order valence-corrected chi connectivity index (χ1v) is 5.67. The van der Waals surface area contributed by atoms with Crippen LogP contribution in [0.4, 0.5) is 0 Å². The van der Waals surface area contributed by atoms with Crippen molar-refractivity contribution in [2.24, 2.45) is 5.73 Å². The van der Waals surface area contributed by atoms with Crippen LogP contribution in [-0.4, -0.2) is 55.1 Å². The Balaban J connectivity index is 2.11. The molecule has 0 aromatic carbocycles. The van der Waals surface area contributed by atoms with Crippen molar-refractivity contribution < 1.29 is 0 Å². The number of likely N-dealkylation sites (N-methyl/N-ethyl adjacent to an activating group) is 1. The fraction of sp³-hybridized carbons (Fsp3) is 1.00. The van der Waals surface area contributed by atoms with E-state index in [9.17, 15) is 0 Å². The molecule has 0 radical (unpaired) electrons. The van der Waals surface area contributed by atoms with Crippen LogP contribution in [-0.2, 0) is 0 Å². The number of nitrogens with two attached hydrogens (primary N) is 1. The summed E-state index contributed by atoms with van der Waals surface area (Å²) in [4.78, 5) is 4.87. The zero-order valence-electron chi connectivity index (χ0n) is 9.92. The fourth-order valence-corrected chi connectivity index (χ4v) is 2.09. The van der Waals surface area contributed by atoms with Gasteiger partial charge in [0.25, 0.3) is 0 Å². The summed E-state index contributed by atoms with van der Waals surface area (Å²) in [7, 11) is 2.16. The van der Waals surface area contributed by atoms with Gasteiger partial charge >= 0.3 is 0 Å². The van der Waals surface area contributed by atoms with E-state index < -0.39 is 0 Å². The molecule has 1 fully saturated rings. The largest absolute Gasteiger partial charge is 0.324 e. The number of nitrogens with zero attached hydrogens (tertiary/aromatic N) is 2. The molecule has 84 valence electrons. The van der Waals surface area contributed by atoms with E-state index in [2.05, 4.69) is 30.7 Å². The van der Waals surface area contributed by atoms with E-state index in [1.807, 2.05) is 0 Å². The van der Waals surface area contributed by atoms with Gasteiger partial charge in [-0.25, -0.2) is 0 Å². The minimum atomic E-state index is -0.0697. The van der Waals surface area contributed by atoms with E-state index in [0.717, 1.165) is 13.1 Å². The highest BCUT2D eigenvalue weighted by Gasteiger charge is 2.15. The van der Waals surface area contributed by atoms with Gasteiger partial charge < -0.3 is 15.5 Å². The lowest BCUT2D eigenvalue weighted by Crippen LogP contribution is -2.45. The summed E-state index contributed by atoms with van der Waals surface area (Å²) < 4.78 is 0. The standard InChI is InChI=1S/C11H25N3/c1-11(2,12)10-13(3)8-9-14-6-4-5-7-14/h4-10,12H2,1-3H3. The van der Waals surface area contributed by atoms with Crippen molar-refractivity contribution in [1.29, 1.82) is 0 Å². The Hall–Kier alpha value is -0.120. The first-order chi connectivity index (χ1) is 6.47. The van der Waals surface area contributed by atoms with Crippen LogP contribution in [0, 0.1) is 0 Å². The maximum atomic E-state index is 5.96. The fourth-order valence-electron chi connectivity index (χ4n) is 2.09. The average molecular weight is 199 g/mol. The monoisotopic (exact) mass is 199 g/mol. The van der Waals surface area contributed by atoms with Gasteiger partial charge in [0.2, 0.25) is 0 Å². The topological polar surface area (TPSA) is 32.5 Å². The molecular weight excluding hydrogens is 174 g/mol. The van der Waals surface area contributed by atoms with Crippen LogP contribution in [0.25, 0.3) is 0 Å². The minimum Gasteiger partial charge on any atom is -0.324 e. The molecule has 1 aliphatic heterocycles. The average Bonchev–Trinajstić information content (AvgIpc) is 2.49. The maximum absolute atomic E-state index is 5.96. The summed E-state index contributed by atoms with van der Waals surface area (Å²) in [5, 5.41) is 0. The molecule has 0 amide bonds. The van der Waals surface area contributed by atoms with Crippen LogP contribution in [0.2, 0.25) is 0 Å². The highest BCUT2D eigenvalue weighted by molar-refractivity contribution is 4.76. The third-order valence-electron chi connectivity index (χ3n) is 2.67. The molecular formula is C11H25N3. The van der Waals surface area contributed by atoms with Crippen LogP contribution in [0.3, 0.4) is 0 Å². The lowest BCUT2D eigenvalue weighted by Gasteiger charge is -2.27. The molecule has 2 N–H and O–H groups in total. The molecule has 0 atom stereocenters. The van der Waals surface area contributed by atoms with E-state index in [-0.39, 0.29) is 5.54 Å². The van der Waals surface area contributed by atoms with Crippen LogP contribution < -0.4 is 5.73 Å². The Morgan fingerprint density at radius 2 is 1.86 bits per heavy atom. The van der Waals surface area contributed by atoms with E-state index in [4.69, 9.17) is 5.73 Å². The number of hydrogen-bond donors (Lipinski definition) is 1. The van der Waals surface area contributed by atoms with Crippen molar-refractivity contribution in [2.45, 2.75) is 32.2 Å².